The van der Waals surface area contributed by atoms with Crippen molar-refractivity contribution >= 4 is 5.91 Å². The molecule has 0 bridgehead atoms. The third-order valence-corrected chi connectivity index (χ3v) is 2.19. The molecule has 3 heteroatoms. The summed E-state index contributed by atoms with van der Waals surface area (Å²) in [6, 6.07) is 0.237. The van der Waals surface area contributed by atoms with Gasteiger partial charge in [0.15, 0.2) is 0 Å². The summed E-state index contributed by atoms with van der Waals surface area (Å²) in [5.41, 5.74) is 5.18. The molecule has 0 aromatic rings. The van der Waals surface area contributed by atoms with Gasteiger partial charge in [0.25, 0.3) is 0 Å². The summed E-state index contributed by atoms with van der Waals surface area (Å²) < 4.78 is 0. The molecule has 78 valence electrons. The van der Waals surface area contributed by atoms with E-state index in [1.807, 2.05) is 6.92 Å². The van der Waals surface area contributed by atoms with Gasteiger partial charge in [0.2, 0.25) is 5.91 Å². The van der Waals surface area contributed by atoms with Crippen molar-refractivity contribution in [1.82, 2.24) is 5.32 Å². The van der Waals surface area contributed by atoms with Gasteiger partial charge in [-0.2, -0.15) is 0 Å². The van der Waals surface area contributed by atoms with Crippen molar-refractivity contribution < 1.29 is 4.79 Å². The second kappa shape index (κ2) is 6.89. The van der Waals surface area contributed by atoms with Crippen LogP contribution in [0.4, 0.5) is 0 Å². The average Bonchev–Trinajstić information content (AvgIpc) is 2.05. The van der Waals surface area contributed by atoms with E-state index in [1.165, 1.54) is 0 Å². The number of carbonyl (C=O) groups excluding carboxylic acids is 1. The first-order valence-corrected chi connectivity index (χ1v) is 5.17. The molecule has 0 aromatic carbocycles. The second-order valence-corrected chi connectivity index (χ2v) is 3.56. The molecule has 1 atom stereocenters. The van der Waals surface area contributed by atoms with Crippen molar-refractivity contribution in [3.63, 3.8) is 0 Å². The van der Waals surface area contributed by atoms with Gasteiger partial charge in [-0.15, -0.1) is 0 Å². The first-order chi connectivity index (χ1) is 6.11. The number of amides is 1. The van der Waals surface area contributed by atoms with Crippen LogP contribution in [0.5, 0.6) is 0 Å². The van der Waals surface area contributed by atoms with Gasteiger partial charge in [0, 0.05) is 6.04 Å². The molecule has 0 rings (SSSR count). The first-order valence-electron chi connectivity index (χ1n) is 5.17. The van der Waals surface area contributed by atoms with E-state index in [9.17, 15) is 4.79 Å². The molecule has 0 fully saturated rings. The Hall–Kier alpha value is -0.570. The van der Waals surface area contributed by atoms with E-state index in [2.05, 4.69) is 19.2 Å². The maximum atomic E-state index is 10.8. The molecule has 0 aliphatic rings. The number of primary amides is 1. The van der Waals surface area contributed by atoms with Gasteiger partial charge in [0.1, 0.15) is 0 Å². The van der Waals surface area contributed by atoms with Gasteiger partial charge < -0.3 is 11.1 Å². The highest BCUT2D eigenvalue weighted by Gasteiger charge is 2.13. The van der Waals surface area contributed by atoms with E-state index >= 15 is 0 Å². The fourth-order valence-corrected chi connectivity index (χ4v) is 1.44. The predicted molar refractivity (Wildman–Crippen MR) is 55.4 cm³/mol. The maximum Gasteiger partial charge on any atom is 0.234 e. The molecule has 0 saturated carbocycles. The van der Waals surface area contributed by atoms with E-state index in [0.29, 0.717) is 6.04 Å². The monoisotopic (exact) mass is 186 g/mol. The maximum absolute atomic E-state index is 10.8. The van der Waals surface area contributed by atoms with Crippen LogP contribution in [0.1, 0.15) is 46.5 Å². The summed E-state index contributed by atoms with van der Waals surface area (Å²) >= 11 is 0. The lowest BCUT2D eigenvalue weighted by Gasteiger charge is -2.20. The Morgan fingerprint density at radius 2 is 1.77 bits per heavy atom. The van der Waals surface area contributed by atoms with Crippen LogP contribution in [0.15, 0.2) is 0 Å². The van der Waals surface area contributed by atoms with Gasteiger partial charge >= 0.3 is 0 Å². The number of carbonyl (C=O) groups is 1. The van der Waals surface area contributed by atoms with E-state index in [4.69, 9.17) is 5.73 Å². The van der Waals surface area contributed by atoms with Crippen molar-refractivity contribution in [2.45, 2.75) is 58.5 Å². The average molecular weight is 186 g/mol. The molecule has 1 amide bonds. The fourth-order valence-electron chi connectivity index (χ4n) is 1.44. The summed E-state index contributed by atoms with van der Waals surface area (Å²) in [6.07, 6.45) is 4.52. The Labute approximate surface area is 81.1 Å². The number of rotatable bonds is 7. The smallest absolute Gasteiger partial charge is 0.234 e. The third kappa shape index (κ3) is 5.64. The van der Waals surface area contributed by atoms with E-state index in [0.717, 1.165) is 25.7 Å². The molecule has 0 aliphatic heterocycles. The molecular weight excluding hydrogens is 164 g/mol. The van der Waals surface area contributed by atoms with Crippen LogP contribution in [-0.2, 0) is 4.79 Å². The topological polar surface area (TPSA) is 55.1 Å². The van der Waals surface area contributed by atoms with Crippen LogP contribution in [0.3, 0.4) is 0 Å². The molecule has 3 N–H and O–H groups in total. The van der Waals surface area contributed by atoms with Crippen molar-refractivity contribution in [1.29, 1.82) is 0 Å². The number of hydrogen-bond acceptors (Lipinski definition) is 2. The van der Waals surface area contributed by atoms with Gasteiger partial charge in [0.05, 0.1) is 6.04 Å². The highest BCUT2D eigenvalue weighted by molar-refractivity contribution is 5.79. The van der Waals surface area contributed by atoms with Crippen LogP contribution in [0.25, 0.3) is 0 Å². The van der Waals surface area contributed by atoms with E-state index in [-0.39, 0.29) is 11.9 Å². The summed E-state index contributed by atoms with van der Waals surface area (Å²) in [4.78, 5) is 10.8. The van der Waals surface area contributed by atoms with E-state index < -0.39 is 0 Å². The van der Waals surface area contributed by atoms with Crippen LogP contribution < -0.4 is 11.1 Å². The minimum Gasteiger partial charge on any atom is -0.368 e. The molecule has 0 radical (unpaired) electrons. The quantitative estimate of drug-likeness (QED) is 0.631. The highest BCUT2D eigenvalue weighted by atomic mass is 16.1. The van der Waals surface area contributed by atoms with Crippen molar-refractivity contribution in [3.8, 4) is 0 Å². The first kappa shape index (κ1) is 12.4. The minimum absolute atomic E-state index is 0.205. The van der Waals surface area contributed by atoms with Gasteiger partial charge in [-0.3, -0.25) is 4.79 Å². The zero-order valence-electron chi connectivity index (χ0n) is 8.97. The zero-order chi connectivity index (χ0) is 10.3. The molecule has 0 aliphatic carbocycles. The van der Waals surface area contributed by atoms with Crippen LogP contribution in [0.2, 0.25) is 0 Å². The lowest BCUT2D eigenvalue weighted by Crippen LogP contribution is -2.44. The van der Waals surface area contributed by atoms with Crippen molar-refractivity contribution in [3.05, 3.63) is 0 Å². The summed E-state index contributed by atoms with van der Waals surface area (Å²) in [6.45, 7) is 6.12. The van der Waals surface area contributed by atoms with Gasteiger partial charge in [-0.1, -0.05) is 26.7 Å². The molecule has 0 heterocycles. The summed E-state index contributed by atoms with van der Waals surface area (Å²) in [5, 5.41) is 3.24. The molecule has 0 unspecified atom stereocenters. The van der Waals surface area contributed by atoms with Crippen molar-refractivity contribution in [2.24, 2.45) is 5.73 Å². The van der Waals surface area contributed by atoms with Crippen molar-refractivity contribution in [2.75, 3.05) is 0 Å². The number of nitrogens with one attached hydrogen (secondary N) is 1. The van der Waals surface area contributed by atoms with Gasteiger partial charge in [-0.05, 0) is 19.8 Å². The molecule has 0 spiro atoms. The normalized spacial score (nSPS) is 13.2. The van der Waals surface area contributed by atoms with Crippen LogP contribution in [-0.4, -0.2) is 18.0 Å². The SMILES string of the molecule is CCCC(CCC)N[C@@H](C)C(N)=O. The standard InChI is InChI=1S/C10H22N2O/c1-4-6-9(7-5-2)12-8(3)10(11)13/h8-9,12H,4-7H2,1-3H3,(H2,11,13)/t8-/m0/s1. The Morgan fingerprint density at radius 1 is 1.31 bits per heavy atom. The van der Waals surface area contributed by atoms with E-state index in [1.54, 1.807) is 0 Å². The molecule has 0 saturated heterocycles. The summed E-state index contributed by atoms with van der Waals surface area (Å²) in [7, 11) is 0. The van der Waals surface area contributed by atoms with Crippen LogP contribution in [0, 0.1) is 0 Å². The third-order valence-electron chi connectivity index (χ3n) is 2.19. The fraction of sp³-hybridized carbons (Fsp3) is 0.900. The molecular formula is C10H22N2O. The zero-order valence-corrected chi connectivity index (χ0v) is 8.97. The molecule has 13 heavy (non-hydrogen) atoms. The molecule has 0 aromatic heterocycles. The lowest BCUT2D eigenvalue weighted by molar-refractivity contribution is -0.119. The Balaban J connectivity index is 3.85. The minimum atomic E-state index is -0.266. The van der Waals surface area contributed by atoms with Gasteiger partial charge in [-0.25, -0.2) is 0 Å². The summed E-state index contributed by atoms with van der Waals surface area (Å²) in [5.74, 6) is -0.266. The lowest BCUT2D eigenvalue weighted by atomic mass is 10.1. The Morgan fingerprint density at radius 3 is 2.08 bits per heavy atom. The largest absolute Gasteiger partial charge is 0.368 e. The number of hydrogen-bond donors (Lipinski definition) is 2. The Kier molecular flexibility index (Phi) is 6.59. The second-order valence-electron chi connectivity index (χ2n) is 3.56. The predicted octanol–water partition coefficient (Wildman–Crippen LogP) is 1.42. The molecule has 3 nitrogen and oxygen atoms in total. The Bertz CT molecular complexity index is 142. The number of nitrogens with two attached hydrogens (primary N) is 1. The highest BCUT2D eigenvalue weighted by Crippen LogP contribution is 2.05. The van der Waals surface area contributed by atoms with Crippen LogP contribution >= 0.6 is 0 Å².